The molecule has 1 aromatic carbocycles. The zero-order valence-corrected chi connectivity index (χ0v) is 8.13. The Morgan fingerprint density at radius 3 is 2.43 bits per heavy atom. The van der Waals surface area contributed by atoms with Crippen molar-refractivity contribution in [3.63, 3.8) is 0 Å². The van der Waals surface area contributed by atoms with Gasteiger partial charge in [-0.1, -0.05) is 18.2 Å². The highest BCUT2D eigenvalue weighted by molar-refractivity contribution is 5.30. The third kappa shape index (κ3) is 1.42. The second-order valence-electron chi connectivity index (χ2n) is 4.49. The highest BCUT2D eigenvalue weighted by Crippen LogP contribution is 2.46. The maximum Gasteiger partial charge on any atom is 0.128 e. The molecule has 0 atom stereocenters. The lowest BCUT2D eigenvalue weighted by molar-refractivity contribution is -0.0748. The minimum atomic E-state index is -0.739. The van der Waals surface area contributed by atoms with Crippen LogP contribution in [0.1, 0.15) is 25.3 Å². The maximum atomic E-state index is 13.4. The van der Waals surface area contributed by atoms with Crippen LogP contribution in [0.4, 0.5) is 4.39 Å². The predicted octanol–water partition coefficient (Wildman–Crippen LogP) is 1.52. The molecule has 1 aliphatic carbocycles. The average Bonchev–Trinajstić information content (AvgIpc) is 2.00. The van der Waals surface area contributed by atoms with E-state index in [1.165, 1.54) is 6.07 Å². The van der Waals surface area contributed by atoms with Gasteiger partial charge in [0, 0.05) is 11.1 Å². The average molecular weight is 195 g/mol. The van der Waals surface area contributed by atoms with Gasteiger partial charge < -0.3 is 10.8 Å². The summed E-state index contributed by atoms with van der Waals surface area (Å²) in [5.74, 6) is -0.287. The van der Waals surface area contributed by atoms with E-state index in [0.717, 1.165) is 0 Å². The second-order valence-corrected chi connectivity index (χ2v) is 4.49. The summed E-state index contributed by atoms with van der Waals surface area (Å²) in [7, 11) is 0. The van der Waals surface area contributed by atoms with Crippen molar-refractivity contribution >= 4 is 0 Å². The molecule has 1 aliphatic rings. The Morgan fingerprint density at radius 2 is 1.93 bits per heavy atom. The molecule has 0 heterocycles. The van der Waals surface area contributed by atoms with Crippen LogP contribution in [0.3, 0.4) is 0 Å². The first kappa shape index (κ1) is 9.62. The van der Waals surface area contributed by atoms with Gasteiger partial charge in [0.25, 0.3) is 0 Å². The van der Waals surface area contributed by atoms with E-state index in [0.29, 0.717) is 18.4 Å². The van der Waals surface area contributed by atoms with Crippen molar-refractivity contribution in [1.29, 1.82) is 0 Å². The molecule has 76 valence electrons. The fraction of sp³-hybridized carbons (Fsp3) is 0.455. The van der Waals surface area contributed by atoms with Crippen molar-refractivity contribution < 1.29 is 9.50 Å². The normalized spacial score (nSPS) is 36.6. The number of hydrogen-bond acceptors (Lipinski definition) is 2. The summed E-state index contributed by atoms with van der Waals surface area (Å²) in [6.45, 7) is 1.72. The number of rotatable bonds is 1. The number of hydrogen-bond donors (Lipinski definition) is 2. The predicted molar refractivity (Wildman–Crippen MR) is 52.1 cm³/mol. The Kier molecular flexibility index (Phi) is 1.91. The first-order chi connectivity index (χ1) is 6.43. The minimum absolute atomic E-state index is 0.287. The standard InChI is InChI=1S/C11H14FNO/c1-10(14)6-11(13,7-10)8-4-2-3-5-9(8)12/h2-5,14H,6-7,13H2,1H3. The molecule has 3 heteroatoms. The van der Waals surface area contributed by atoms with Crippen LogP contribution >= 0.6 is 0 Å². The molecule has 0 bridgehead atoms. The van der Waals surface area contributed by atoms with Crippen molar-refractivity contribution in [3.05, 3.63) is 35.6 Å². The van der Waals surface area contributed by atoms with E-state index in [9.17, 15) is 9.50 Å². The molecule has 0 aromatic heterocycles. The molecule has 2 nitrogen and oxygen atoms in total. The summed E-state index contributed by atoms with van der Waals surface area (Å²) in [6.07, 6.45) is 0.835. The summed E-state index contributed by atoms with van der Waals surface area (Å²) in [5, 5.41) is 9.60. The van der Waals surface area contributed by atoms with Crippen molar-refractivity contribution in [2.45, 2.75) is 30.9 Å². The Hall–Kier alpha value is -0.930. The molecule has 0 saturated heterocycles. The summed E-state index contributed by atoms with van der Waals surface area (Å²) < 4.78 is 13.4. The largest absolute Gasteiger partial charge is 0.390 e. The summed E-state index contributed by atoms with van der Waals surface area (Å²) in [5.41, 5.74) is 5.08. The van der Waals surface area contributed by atoms with Gasteiger partial charge in [0.15, 0.2) is 0 Å². The molecule has 3 N–H and O–H groups in total. The Bertz CT molecular complexity index is 354. The highest BCUT2D eigenvalue weighted by Gasteiger charge is 2.50. The van der Waals surface area contributed by atoms with E-state index in [2.05, 4.69) is 0 Å². The molecule has 2 rings (SSSR count). The van der Waals surface area contributed by atoms with Crippen LogP contribution in [0.15, 0.2) is 24.3 Å². The van der Waals surface area contributed by atoms with E-state index in [4.69, 9.17) is 5.73 Å². The molecule has 0 spiro atoms. The highest BCUT2D eigenvalue weighted by atomic mass is 19.1. The quantitative estimate of drug-likeness (QED) is 0.713. The summed E-state index contributed by atoms with van der Waals surface area (Å²) >= 11 is 0. The molecule has 1 fully saturated rings. The van der Waals surface area contributed by atoms with Crippen LogP contribution in [-0.4, -0.2) is 10.7 Å². The lowest BCUT2D eigenvalue weighted by Crippen LogP contribution is -2.58. The van der Waals surface area contributed by atoms with Gasteiger partial charge in [-0.05, 0) is 25.8 Å². The fourth-order valence-corrected chi connectivity index (χ4v) is 2.36. The van der Waals surface area contributed by atoms with Crippen LogP contribution in [0.25, 0.3) is 0 Å². The van der Waals surface area contributed by atoms with E-state index >= 15 is 0 Å². The SMILES string of the molecule is CC1(O)CC(N)(c2ccccc2F)C1. The zero-order chi connectivity index (χ0) is 10.4. The van der Waals surface area contributed by atoms with Gasteiger partial charge in [0.1, 0.15) is 5.82 Å². The maximum absolute atomic E-state index is 13.4. The van der Waals surface area contributed by atoms with E-state index in [-0.39, 0.29) is 5.82 Å². The van der Waals surface area contributed by atoms with Gasteiger partial charge in [-0.2, -0.15) is 0 Å². The Balaban J connectivity index is 2.30. The number of benzene rings is 1. The molecule has 0 amide bonds. The lowest BCUT2D eigenvalue weighted by Gasteiger charge is -2.49. The monoisotopic (exact) mass is 195 g/mol. The van der Waals surface area contributed by atoms with E-state index < -0.39 is 11.1 Å². The van der Waals surface area contributed by atoms with Crippen molar-refractivity contribution in [2.24, 2.45) is 5.73 Å². The van der Waals surface area contributed by atoms with E-state index in [1.807, 2.05) is 0 Å². The number of aliphatic hydroxyl groups is 1. The molecule has 0 radical (unpaired) electrons. The van der Waals surface area contributed by atoms with Crippen LogP contribution in [0.2, 0.25) is 0 Å². The summed E-state index contributed by atoms with van der Waals surface area (Å²) in [6, 6.07) is 6.49. The topological polar surface area (TPSA) is 46.2 Å². The number of halogens is 1. The Morgan fingerprint density at radius 1 is 1.36 bits per heavy atom. The van der Waals surface area contributed by atoms with Crippen LogP contribution in [0.5, 0.6) is 0 Å². The van der Waals surface area contributed by atoms with Gasteiger partial charge in [-0.25, -0.2) is 4.39 Å². The molecular formula is C11H14FNO. The molecule has 1 saturated carbocycles. The molecule has 0 aliphatic heterocycles. The zero-order valence-electron chi connectivity index (χ0n) is 8.13. The molecule has 14 heavy (non-hydrogen) atoms. The van der Waals surface area contributed by atoms with Crippen LogP contribution in [-0.2, 0) is 5.54 Å². The molecule has 0 unspecified atom stereocenters. The summed E-state index contributed by atoms with van der Waals surface area (Å²) in [4.78, 5) is 0. The lowest BCUT2D eigenvalue weighted by atomic mass is 9.63. The third-order valence-electron chi connectivity index (χ3n) is 2.80. The first-order valence-electron chi connectivity index (χ1n) is 4.69. The second kappa shape index (κ2) is 2.78. The first-order valence-corrected chi connectivity index (χ1v) is 4.69. The van der Waals surface area contributed by atoms with E-state index in [1.54, 1.807) is 25.1 Å². The van der Waals surface area contributed by atoms with Crippen LogP contribution < -0.4 is 5.73 Å². The van der Waals surface area contributed by atoms with Gasteiger partial charge >= 0.3 is 0 Å². The Labute approximate surface area is 82.5 Å². The van der Waals surface area contributed by atoms with Gasteiger partial charge in [0.05, 0.1) is 5.60 Å². The van der Waals surface area contributed by atoms with Crippen molar-refractivity contribution in [1.82, 2.24) is 0 Å². The van der Waals surface area contributed by atoms with Crippen molar-refractivity contribution in [3.8, 4) is 0 Å². The smallest absolute Gasteiger partial charge is 0.128 e. The van der Waals surface area contributed by atoms with Gasteiger partial charge in [-0.15, -0.1) is 0 Å². The van der Waals surface area contributed by atoms with Crippen molar-refractivity contribution in [2.75, 3.05) is 0 Å². The van der Waals surface area contributed by atoms with Crippen LogP contribution in [0, 0.1) is 5.82 Å². The third-order valence-corrected chi connectivity index (χ3v) is 2.80. The fourth-order valence-electron chi connectivity index (χ4n) is 2.36. The number of nitrogens with two attached hydrogens (primary N) is 1. The van der Waals surface area contributed by atoms with Gasteiger partial charge in [0.2, 0.25) is 0 Å². The minimum Gasteiger partial charge on any atom is -0.390 e. The molecular weight excluding hydrogens is 181 g/mol. The molecule has 1 aromatic rings. The van der Waals surface area contributed by atoms with Gasteiger partial charge in [-0.3, -0.25) is 0 Å².